The molecule has 4 heteroatoms. The van der Waals surface area contributed by atoms with Gasteiger partial charge in [-0.25, -0.2) is 0 Å². The highest BCUT2D eigenvalue weighted by atomic mass is 16.6. The Morgan fingerprint density at radius 3 is 2.75 bits per heavy atom. The van der Waals surface area contributed by atoms with Gasteiger partial charge in [0.1, 0.15) is 6.61 Å². The smallest absolute Gasteiger partial charge is 0.264 e. The molecule has 0 saturated heterocycles. The summed E-state index contributed by atoms with van der Waals surface area (Å²) in [7, 11) is 0. The third-order valence-corrected chi connectivity index (χ3v) is 4.87. The SMILES string of the molecule is O=C(N[C@@H]1C[C@@H]2CC[C@@H]1C2)[C@@H]1COc2ccccc2O1. The maximum absolute atomic E-state index is 12.3. The van der Waals surface area contributed by atoms with Gasteiger partial charge in [0.25, 0.3) is 5.91 Å². The van der Waals surface area contributed by atoms with E-state index in [1.165, 1.54) is 19.3 Å². The highest BCUT2D eigenvalue weighted by molar-refractivity contribution is 5.82. The molecule has 3 aliphatic rings. The summed E-state index contributed by atoms with van der Waals surface area (Å²) < 4.78 is 11.3. The minimum atomic E-state index is -0.524. The maximum Gasteiger partial charge on any atom is 0.264 e. The average Bonchev–Trinajstić information content (AvgIpc) is 3.09. The zero-order valence-electron chi connectivity index (χ0n) is 11.4. The van der Waals surface area contributed by atoms with Crippen LogP contribution in [0.5, 0.6) is 11.5 Å². The third kappa shape index (κ3) is 2.03. The van der Waals surface area contributed by atoms with Crippen molar-refractivity contribution in [1.29, 1.82) is 0 Å². The van der Waals surface area contributed by atoms with E-state index >= 15 is 0 Å². The van der Waals surface area contributed by atoms with Gasteiger partial charge in [-0.3, -0.25) is 4.79 Å². The lowest BCUT2D eigenvalue weighted by molar-refractivity contribution is -0.131. The van der Waals surface area contributed by atoms with Crippen LogP contribution in [0.3, 0.4) is 0 Å². The lowest BCUT2D eigenvalue weighted by Gasteiger charge is -2.29. The van der Waals surface area contributed by atoms with Crippen LogP contribution in [0.4, 0.5) is 0 Å². The van der Waals surface area contributed by atoms with Gasteiger partial charge >= 0.3 is 0 Å². The van der Waals surface area contributed by atoms with Crippen LogP contribution in [0, 0.1) is 11.8 Å². The second kappa shape index (κ2) is 4.69. The van der Waals surface area contributed by atoms with Gasteiger partial charge in [0.05, 0.1) is 0 Å². The van der Waals surface area contributed by atoms with E-state index < -0.39 is 6.10 Å². The minimum absolute atomic E-state index is 0.0305. The monoisotopic (exact) mass is 273 g/mol. The quantitative estimate of drug-likeness (QED) is 0.898. The topological polar surface area (TPSA) is 47.6 Å². The molecule has 0 spiro atoms. The molecule has 2 bridgehead atoms. The van der Waals surface area contributed by atoms with Gasteiger partial charge in [0.2, 0.25) is 6.10 Å². The Labute approximate surface area is 118 Å². The predicted molar refractivity (Wildman–Crippen MR) is 73.7 cm³/mol. The van der Waals surface area contributed by atoms with E-state index in [-0.39, 0.29) is 5.91 Å². The van der Waals surface area contributed by atoms with Crippen molar-refractivity contribution < 1.29 is 14.3 Å². The summed E-state index contributed by atoms with van der Waals surface area (Å²) in [4.78, 5) is 12.3. The second-order valence-electron chi connectivity index (χ2n) is 6.15. The van der Waals surface area contributed by atoms with Crippen molar-refractivity contribution in [1.82, 2.24) is 5.32 Å². The lowest BCUT2D eigenvalue weighted by Crippen LogP contribution is -2.49. The molecule has 106 valence electrons. The van der Waals surface area contributed by atoms with Crippen molar-refractivity contribution in [3.63, 3.8) is 0 Å². The van der Waals surface area contributed by atoms with Crippen LogP contribution in [-0.4, -0.2) is 24.7 Å². The molecule has 20 heavy (non-hydrogen) atoms. The number of carbonyl (C=O) groups is 1. The maximum atomic E-state index is 12.3. The molecule has 2 saturated carbocycles. The summed E-state index contributed by atoms with van der Waals surface area (Å²) in [5, 5.41) is 3.17. The van der Waals surface area contributed by atoms with Gasteiger partial charge in [-0.1, -0.05) is 18.6 Å². The van der Waals surface area contributed by atoms with Crippen LogP contribution >= 0.6 is 0 Å². The first-order chi connectivity index (χ1) is 9.79. The van der Waals surface area contributed by atoms with E-state index in [0.717, 1.165) is 18.1 Å². The first-order valence-electron chi connectivity index (χ1n) is 7.48. The lowest BCUT2D eigenvalue weighted by atomic mass is 9.95. The molecule has 4 atom stereocenters. The Kier molecular flexibility index (Phi) is 2.83. The number of para-hydroxylation sites is 2. The minimum Gasteiger partial charge on any atom is -0.485 e. The molecule has 1 aliphatic heterocycles. The van der Waals surface area contributed by atoms with E-state index in [1.807, 2.05) is 24.3 Å². The van der Waals surface area contributed by atoms with Gasteiger partial charge in [0.15, 0.2) is 11.5 Å². The van der Waals surface area contributed by atoms with Gasteiger partial charge in [0, 0.05) is 6.04 Å². The molecule has 0 unspecified atom stereocenters. The van der Waals surface area contributed by atoms with Crippen LogP contribution in [0.15, 0.2) is 24.3 Å². The summed E-state index contributed by atoms with van der Waals surface area (Å²) in [6.45, 7) is 0.295. The number of hydrogen-bond acceptors (Lipinski definition) is 3. The number of carbonyl (C=O) groups excluding carboxylic acids is 1. The number of fused-ring (bicyclic) bond motifs is 3. The van der Waals surface area contributed by atoms with Gasteiger partial charge in [-0.2, -0.15) is 0 Å². The summed E-state index contributed by atoms with van der Waals surface area (Å²) >= 11 is 0. The fraction of sp³-hybridized carbons (Fsp3) is 0.562. The van der Waals surface area contributed by atoms with Crippen LogP contribution < -0.4 is 14.8 Å². The highest BCUT2D eigenvalue weighted by Crippen LogP contribution is 2.44. The van der Waals surface area contributed by atoms with Crippen molar-refractivity contribution in [3.05, 3.63) is 24.3 Å². The fourth-order valence-corrected chi connectivity index (χ4v) is 3.85. The van der Waals surface area contributed by atoms with Crippen molar-refractivity contribution >= 4 is 5.91 Å². The molecule has 4 rings (SSSR count). The normalized spacial score (nSPS) is 34.0. The van der Waals surface area contributed by atoms with Crippen LogP contribution in [-0.2, 0) is 4.79 Å². The Balaban J connectivity index is 1.40. The Hall–Kier alpha value is -1.71. The molecule has 2 fully saturated rings. The van der Waals surface area contributed by atoms with Gasteiger partial charge in [-0.05, 0) is 43.2 Å². The molecular weight excluding hydrogens is 254 g/mol. The largest absolute Gasteiger partial charge is 0.485 e. The number of ether oxygens (including phenoxy) is 2. The summed E-state index contributed by atoms with van der Waals surface area (Å²) in [5.74, 6) is 2.86. The van der Waals surface area contributed by atoms with E-state index in [2.05, 4.69) is 5.32 Å². The molecule has 0 aromatic heterocycles. The van der Waals surface area contributed by atoms with E-state index in [9.17, 15) is 4.79 Å². The Morgan fingerprint density at radius 1 is 1.15 bits per heavy atom. The number of hydrogen-bond donors (Lipinski definition) is 1. The van der Waals surface area contributed by atoms with Crippen molar-refractivity contribution in [3.8, 4) is 11.5 Å². The molecular formula is C16H19NO3. The molecule has 4 nitrogen and oxygen atoms in total. The number of rotatable bonds is 2. The average molecular weight is 273 g/mol. The van der Waals surface area contributed by atoms with Crippen molar-refractivity contribution in [2.24, 2.45) is 11.8 Å². The number of benzene rings is 1. The zero-order chi connectivity index (χ0) is 13.5. The third-order valence-electron chi connectivity index (χ3n) is 4.87. The van der Waals surface area contributed by atoms with E-state index in [1.54, 1.807) is 0 Å². The molecule has 0 radical (unpaired) electrons. The fourth-order valence-electron chi connectivity index (χ4n) is 3.85. The predicted octanol–water partition coefficient (Wildman–Crippen LogP) is 2.13. The van der Waals surface area contributed by atoms with Crippen molar-refractivity contribution in [2.45, 2.75) is 37.8 Å². The summed E-state index contributed by atoms with van der Waals surface area (Å²) in [6, 6.07) is 7.84. The molecule has 1 aromatic carbocycles. The first-order valence-corrected chi connectivity index (χ1v) is 7.48. The number of amides is 1. The summed E-state index contributed by atoms with van der Waals surface area (Å²) in [5.41, 5.74) is 0. The summed E-state index contributed by atoms with van der Waals surface area (Å²) in [6.07, 6.45) is 4.51. The first kappa shape index (κ1) is 12.1. The van der Waals surface area contributed by atoms with Crippen LogP contribution in [0.2, 0.25) is 0 Å². The van der Waals surface area contributed by atoms with E-state index in [0.29, 0.717) is 24.3 Å². The second-order valence-corrected chi connectivity index (χ2v) is 6.15. The van der Waals surface area contributed by atoms with Gasteiger partial charge in [-0.15, -0.1) is 0 Å². The van der Waals surface area contributed by atoms with Crippen molar-refractivity contribution in [2.75, 3.05) is 6.61 Å². The molecule has 1 heterocycles. The standard InChI is InChI=1S/C16H19NO3/c18-16(17-12-8-10-5-6-11(12)7-10)15-9-19-13-3-1-2-4-14(13)20-15/h1-4,10-12,15H,5-9H2,(H,17,18)/t10-,11-,12-,15+/m1/s1. The molecule has 2 aliphatic carbocycles. The Morgan fingerprint density at radius 2 is 2.00 bits per heavy atom. The molecule has 1 N–H and O–H groups in total. The molecule has 1 amide bonds. The van der Waals surface area contributed by atoms with E-state index in [4.69, 9.17) is 9.47 Å². The van der Waals surface area contributed by atoms with Crippen LogP contribution in [0.25, 0.3) is 0 Å². The Bertz CT molecular complexity index is 530. The van der Waals surface area contributed by atoms with Gasteiger partial charge < -0.3 is 14.8 Å². The molecule has 1 aromatic rings. The number of nitrogens with one attached hydrogen (secondary N) is 1. The zero-order valence-corrected chi connectivity index (χ0v) is 11.4. The highest BCUT2D eigenvalue weighted by Gasteiger charge is 2.41. The van der Waals surface area contributed by atoms with Crippen LogP contribution in [0.1, 0.15) is 25.7 Å².